The second-order valence-electron chi connectivity index (χ2n) is 16.7. The Morgan fingerprint density at radius 3 is 1.10 bits per heavy atom. The molecule has 0 aliphatic rings. The number of allylic oxidation sites excluding steroid dienone is 12. The first kappa shape index (κ1) is 57.9. The van der Waals surface area contributed by atoms with Crippen molar-refractivity contribution in [2.45, 2.75) is 245 Å². The van der Waals surface area contributed by atoms with Crippen LogP contribution in [0, 0.1) is 0 Å². The molecule has 0 radical (unpaired) electrons. The molecule has 1 unspecified atom stereocenters. The van der Waals surface area contributed by atoms with E-state index in [1.807, 2.05) is 0 Å². The topological polar surface area (TPSA) is 78.9 Å². The molecule has 0 aromatic rings. The molecule has 0 rings (SSSR count). The predicted octanol–water partition coefficient (Wildman–Crippen LogP) is 16.6. The van der Waals surface area contributed by atoms with Crippen molar-refractivity contribution in [3.05, 3.63) is 72.9 Å². The summed E-state index contributed by atoms with van der Waals surface area (Å²) < 4.78 is 16.7. The SMILES string of the molecule is CC/C=C\C/C=C\C/C=C\CCCCCC(=O)OC(COC(=O)CCCCCCC/C=C\C/C=C\CCC)COC(=O)CCCCCCCCC/C=C\CCCCCCCC. The lowest BCUT2D eigenvalue weighted by atomic mass is 10.1. The molecule has 0 saturated heterocycles. The van der Waals surface area contributed by atoms with E-state index in [0.717, 1.165) is 116 Å². The highest BCUT2D eigenvalue weighted by Gasteiger charge is 2.19. The average molecular weight is 851 g/mol. The summed E-state index contributed by atoms with van der Waals surface area (Å²) in [5.74, 6) is -0.943. The van der Waals surface area contributed by atoms with E-state index in [4.69, 9.17) is 14.2 Å². The molecular weight excluding hydrogens is 757 g/mol. The largest absolute Gasteiger partial charge is 0.462 e. The molecule has 0 aromatic heterocycles. The summed E-state index contributed by atoms with van der Waals surface area (Å²) in [4.78, 5) is 37.9. The van der Waals surface area contributed by atoms with Crippen LogP contribution in [0.2, 0.25) is 0 Å². The summed E-state index contributed by atoms with van der Waals surface area (Å²) in [6.07, 6.45) is 61.7. The van der Waals surface area contributed by atoms with Gasteiger partial charge < -0.3 is 14.2 Å². The first-order valence-electron chi connectivity index (χ1n) is 25.4. The first-order chi connectivity index (χ1) is 30.0. The molecule has 0 bridgehead atoms. The van der Waals surface area contributed by atoms with Gasteiger partial charge in [0, 0.05) is 19.3 Å². The van der Waals surface area contributed by atoms with Crippen LogP contribution in [0.1, 0.15) is 239 Å². The Morgan fingerprint density at radius 1 is 0.344 bits per heavy atom. The van der Waals surface area contributed by atoms with Crippen molar-refractivity contribution in [2.24, 2.45) is 0 Å². The highest BCUT2D eigenvalue weighted by molar-refractivity contribution is 5.71. The molecule has 0 aromatic carbocycles. The maximum atomic E-state index is 12.8. The van der Waals surface area contributed by atoms with E-state index >= 15 is 0 Å². The molecular formula is C55H94O6. The van der Waals surface area contributed by atoms with Gasteiger partial charge in [-0.2, -0.15) is 0 Å². The van der Waals surface area contributed by atoms with Gasteiger partial charge in [0.2, 0.25) is 0 Å². The van der Waals surface area contributed by atoms with Crippen LogP contribution in [0.4, 0.5) is 0 Å². The lowest BCUT2D eigenvalue weighted by Gasteiger charge is -2.18. The van der Waals surface area contributed by atoms with E-state index in [0.29, 0.717) is 12.8 Å². The molecule has 0 fully saturated rings. The fourth-order valence-electron chi connectivity index (χ4n) is 6.84. The average Bonchev–Trinajstić information content (AvgIpc) is 3.26. The Balaban J connectivity index is 4.42. The van der Waals surface area contributed by atoms with Gasteiger partial charge in [-0.05, 0) is 103 Å². The van der Waals surface area contributed by atoms with Gasteiger partial charge >= 0.3 is 17.9 Å². The van der Waals surface area contributed by atoms with E-state index < -0.39 is 6.10 Å². The number of rotatable bonds is 45. The van der Waals surface area contributed by atoms with E-state index in [1.54, 1.807) is 0 Å². The van der Waals surface area contributed by atoms with Crippen molar-refractivity contribution < 1.29 is 28.6 Å². The molecule has 0 aliphatic carbocycles. The third-order valence-electron chi connectivity index (χ3n) is 10.6. The summed E-state index contributed by atoms with van der Waals surface area (Å²) in [7, 11) is 0. The Morgan fingerprint density at radius 2 is 0.672 bits per heavy atom. The molecule has 0 amide bonds. The van der Waals surface area contributed by atoms with Crippen LogP contribution in [0.15, 0.2) is 72.9 Å². The monoisotopic (exact) mass is 851 g/mol. The Labute approximate surface area is 376 Å². The molecule has 350 valence electrons. The lowest BCUT2D eigenvalue weighted by Crippen LogP contribution is -2.30. The van der Waals surface area contributed by atoms with Gasteiger partial charge in [-0.3, -0.25) is 14.4 Å². The normalized spacial score (nSPS) is 12.6. The summed E-state index contributed by atoms with van der Waals surface area (Å²) in [6.45, 7) is 6.41. The maximum absolute atomic E-state index is 12.8. The quantitative estimate of drug-likeness (QED) is 0.0263. The molecule has 0 saturated carbocycles. The Hall–Kier alpha value is -3.15. The Kier molecular flexibility index (Phi) is 46.9. The number of ether oxygens (including phenoxy) is 3. The zero-order valence-electron chi connectivity index (χ0n) is 39.9. The number of hydrogen-bond acceptors (Lipinski definition) is 6. The standard InChI is InChI=1S/C55H94O6/c1-4-7-10-13-16-19-22-25-26-27-28-31-33-36-39-42-45-48-54(57)60-51-52(61-55(58)49-46-43-40-37-34-30-24-21-18-15-12-9-6-3)50-59-53(56)47-44-41-38-35-32-29-23-20-17-14-11-8-5-2/h9,11-12,14,18,20-21,23,25-26,30,34,52H,4-8,10,13,15-17,19,22,24,27-29,31-33,35-51H2,1-3H3/b12-9-,14-11-,21-18-,23-20-,26-25-,34-30-. The van der Waals surface area contributed by atoms with E-state index in [-0.39, 0.29) is 37.5 Å². The van der Waals surface area contributed by atoms with Crippen molar-refractivity contribution >= 4 is 17.9 Å². The van der Waals surface area contributed by atoms with E-state index in [2.05, 4.69) is 93.7 Å². The second-order valence-corrected chi connectivity index (χ2v) is 16.7. The highest BCUT2D eigenvalue weighted by atomic mass is 16.6. The maximum Gasteiger partial charge on any atom is 0.306 e. The Bertz CT molecular complexity index is 1160. The minimum Gasteiger partial charge on any atom is -0.462 e. The van der Waals surface area contributed by atoms with Crippen LogP contribution in [0.25, 0.3) is 0 Å². The molecule has 0 N–H and O–H groups in total. The van der Waals surface area contributed by atoms with Gasteiger partial charge in [0.25, 0.3) is 0 Å². The lowest BCUT2D eigenvalue weighted by molar-refractivity contribution is -0.167. The highest BCUT2D eigenvalue weighted by Crippen LogP contribution is 2.14. The van der Waals surface area contributed by atoms with Gasteiger partial charge in [0.1, 0.15) is 13.2 Å². The molecule has 0 spiro atoms. The zero-order chi connectivity index (χ0) is 44.4. The number of esters is 3. The van der Waals surface area contributed by atoms with Crippen molar-refractivity contribution in [3.63, 3.8) is 0 Å². The van der Waals surface area contributed by atoms with Gasteiger partial charge in [0.15, 0.2) is 6.10 Å². The summed E-state index contributed by atoms with van der Waals surface area (Å²) in [5.41, 5.74) is 0. The number of carbonyl (C=O) groups excluding carboxylic acids is 3. The summed E-state index contributed by atoms with van der Waals surface area (Å²) >= 11 is 0. The predicted molar refractivity (Wildman–Crippen MR) is 261 cm³/mol. The van der Waals surface area contributed by atoms with Gasteiger partial charge in [-0.25, -0.2) is 0 Å². The number of carbonyl (C=O) groups is 3. The molecule has 0 heterocycles. The van der Waals surface area contributed by atoms with Crippen LogP contribution in [-0.4, -0.2) is 37.2 Å². The van der Waals surface area contributed by atoms with Crippen LogP contribution in [0.3, 0.4) is 0 Å². The molecule has 61 heavy (non-hydrogen) atoms. The fourth-order valence-corrected chi connectivity index (χ4v) is 6.84. The van der Waals surface area contributed by atoms with Crippen LogP contribution < -0.4 is 0 Å². The minimum atomic E-state index is -0.797. The fraction of sp³-hybridized carbons (Fsp3) is 0.727. The first-order valence-corrected chi connectivity index (χ1v) is 25.4. The van der Waals surface area contributed by atoms with Crippen molar-refractivity contribution in [1.29, 1.82) is 0 Å². The van der Waals surface area contributed by atoms with Crippen molar-refractivity contribution in [1.82, 2.24) is 0 Å². The zero-order valence-corrected chi connectivity index (χ0v) is 39.9. The van der Waals surface area contributed by atoms with E-state index in [1.165, 1.54) is 83.5 Å². The van der Waals surface area contributed by atoms with Crippen LogP contribution in [0.5, 0.6) is 0 Å². The number of unbranched alkanes of at least 4 members (excludes halogenated alkanes) is 22. The third-order valence-corrected chi connectivity index (χ3v) is 10.6. The number of hydrogen-bond donors (Lipinski definition) is 0. The van der Waals surface area contributed by atoms with E-state index in [9.17, 15) is 14.4 Å². The van der Waals surface area contributed by atoms with Gasteiger partial charge in [-0.15, -0.1) is 0 Å². The summed E-state index contributed by atoms with van der Waals surface area (Å²) in [5, 5.41) is 0. The van der Waals surface area contributed by atoms with Crippen LogP contribution >= 0.6 is 0 Å². The third kappa shape index (κ3) is 47.7. The van der Waals surface area contributed by atoms with Crippen molar-refractivity contribution in [3.8, 4) is 0 Å². The minimum absolute atomic E-state index is 0.0944. The molecule has 0 aliphatic heterocycles. The molecule has 6 heteroatoms. The van der Waals surface area contributed by atoms with Gasteiger partial charge in [-0.1, -0.05) is 190 Å². The summed E-state index contributed by atoms with van der Waals surface area (Å²) in [6, 6.07) is 0. The molecule has 1 atom stereocenters. The van der Waals surface area contributed by atoms with Gasteiger partial charge in [0.05, 0.1) is 0 Å². The van der Waals surface area contributed by atoms with Crippen LogP contribution in [-0.2, 0) is 28.6 Å². The molecule has 6 nitrogen and oxygen atoms in total. The van der Waals surface area contributed by atoms with Crippen molar-refractivity contribution in [2.75, 3.05) is 13.2 Å². The second kappa shape index (κ2) is 49.5. The smallest absolute Gasteiger partial charge is 0.306 e.